The average Bonchev–Trinajstić information content (AvgIpc) is 2.42. The fourth-order valence-electron chi connectivity index (χ4n) is 3.74. The zero-order chi connectivity index (χ0) is 13.8. The first-order valence-corrected chi connectivity index (χ1v) is 8.28. The highest BCUT2D eigenvalue weighted by molar-refractivity contribution is 4.87. The van der Waals surface area contributed by atoms with Gasteiger partial charge in [0.25, 0.3) is 0 Å². The Hall–Kier alpha value is -0.120. The maximum atomic E-state index is 2.77. The molecule has 2 aliphatic rings. The van der Waals surface area contributed by atoms with Crippen molar-refractivity contribution in [2.45, 2.75) is 52.1 Å². The third-order valence-electron chi connectivity index (χ3n) is 5.38. The minimum Gasteiger partial charge on any atom is -0.304 e. The van der Waals surface area contributed by atoms with Crippen molar-refractivity contribution in [3.05, 3.63) is 0 Å². The number of nitrogens with zero attached hydrogens (tertiary/aromatic N) is 3. The molecule has 19 heavy (non-hydrogen) atoms. The zero-order valence-corrected chi connectivity index (χ0v) is 13.4. The van der Waals surface area contributed by atoms with Crippen LogP contribution < -0.4 is 0 Å². The molecular weight excluding hydrogens is 234 g/mol. The topological polar surface area (TPSA) is 9.72 Å². The van der Waals surface area contributed by atoms with Crippen LogP contribution in [0.3, 0.4) is 0 Å². The Morgan fingerprint density at radius 2 is 1.53 bits per heavy atom. The average molecular weight is 267 g/mol. The van der Waals surface area contributed by atoms with Gasteiger partial charge in [-0.05, 0) is 52.2 Å². The molecule has 0 aliphatic carbocycles. The first-order chi connectivity index (χ1) is 9.11. The minimum atomic E-state index is 0.715. The largest absolute Gasteiger partial charge is 0.304 e. The summed E-state index contributed by atoms with van der Waals surface area (Å²) in [6.45, 7) is 14.8. The van der Waals surface area contributed by atoms with Gasteiger partial charge in [0.15, 0.2) is 0 Å². The van der Waals surface area contributed by atoms with Gasteiger partial charge in [-0.1, -0.05) is 13.8 Å². The first-order valence-electron chi connectivity index (χ1n) is 8.28. The molecule has 2 fully saturated rings. The Morgan fingerprint density at radius 3 is 2.05 bits per heavy atom. The fraction of sp³-hybridized carbons (Fsp3) is 1.00. The number of likely N-dealkylation sites (tertiary alicyclic amines) is 1. The molecule has 0 radical (unpaired) electrons. The Kier molecular flexibility index (Phi) is 5.67. The summed E-state index contributed by atoms with van der Waals surface area (Å²) in [6, 6.07) is 1.48. The Labute approximate surface area is 119 Å². The van der Waals surface area contributed by atoms with Gasteiger partial charge in [-0.25, -0.2) is 0 Å². The van der Waals surface area contributed by atoms with E-state index in [0.29, 0.717) is 6.04 Å². The maximum absolute atomic E-state index is 2.77. The van der Waals surface area contributed by atoms with Crippen LogP contribution in [0.5, 0.6) is 0 Å². The number of hydrogen-bond donors (Lipinski definition) is 0. The molecule has 0 aromatic heterocycles. The lowest BCUT2D eigenvalue weighted by Gasteiger charge is -2.45. The number of rotatable bonds is 4. The van der Waals surface area contributed by atoms with Crippen LogP contribution in [0.25, 0.3) is 0 Å². The second-order valence-electron chi connectivity index (χ2n) is 6.77. The highest BCUT2D eigenvalue weighted by Gasteiger charge is 2.30. The van der Waals surface area contributed by atoms with Crippen LogP contribution in [-0.2, 0) is 0 Å². The van der Waals surface area contributed by atoms with Gasteiger partial charge in [-0.2, -0.15) is 0 Å². The van der Waals surface area contributed by atoms with Crippen LogP contribution in [-0.4, -0.2) is 73.1 Å². The molecule has 0 spiro atoms. The van der Waals surface area contributed by atoms with E-state index in [9.17, 15) is 0 Å². The third-order valence-corrected chi connectivity index (χ3v) is 5.38. The molecule has 0 saturated carbocycles. The van der Waals surface area contributed by atoms with Gasteiger partial charge in [0, 0.05) is 38.3 Å². The molecule has 2 aliphatic heterocycles. The summed E-state index contributed by atoms with van der Waals surface area (Å²) in [5, 5.41) is 0. The molecule has 0 aromatic carbocycles. The molecule has 2 heterocycles. The van der Waals surface area contributed by atoms with E-state index in [1.54, 1.807) is 0 Å². The molecule has 112 valence electrons. The third kappa shape index (κ3) is 3.93. The summed E-state index contributed by atoms with van der Waals surface area (Å²) < 4.78 is 0. The monoisotopic (exact) mass is 267 g/mol. The maximum Gasteiger partial charge on any atom is 0.0246 e. The molecule has 3 heteroatoms. The lowest BCUT2D eigenvalue weighted by atomic mass is 9.94. The van der Waals surface area contributed by atoms with Crippen LogP contribution in [0.4, 0.5) is 0 Å². The second-order valence-corrected chi connectivity index (χ2v) is 6.77. The fourth-order valence-corrected chi connectivity index (χ4v) is 3.74. The number of piperidine rings is 1. The number of likely N-dealkylation sites (N-methyl/N-ethyl adjacent to an activating group) is 1. The summed E-state index contributed by atoms with van der Waals surface area (Å²) in [5.74, 6) is 0.938. The Morgan fingerprint density at radius 1 is 0.947 bits per heavy atom. The van der Waals surface area contributed by atoms with Crippen LogP contribution >= 0.6 is 0 Å². The van der Waals surface area contributed by atoms with E-state index in [0.717, 1.165) is 12.0 Å². The van der Waals surface area contributed by atoms with Gasteiger partial charge in [-0.15, -0.1) is 0 Å². The van der Waals surface area contributed by atoms with Crippen LogP contribution in [0.15, 0.2) is 0 Å². The van der Waals surface area contributed by atoms with E-state index in [-0.39, 0.29) is 0 Å². The van der Waals surface area contributed by atoms with Crippen molar-refractivity contribution >= 4 is 0 Å². The summed E-state index contributed by atoms with van der Waals surface area (Å²) in [6.07, 6.45) is 4.08. The molecule has 0 bridgehead atoms. The lowest BCUT2D eigenvalue weighted by Crippen LogP contribution is -2.56. The predicted octanol–water partition coefficient (Wildman–Crippen LogP) is 2.13. The number of hydrogen-bond acceptors (Lipinski definition) is 3. The molecule has 2 unspecified atom stereocenters. The van der Waals surface area contributed by atoms with Crippen LogP contribution in [0.1, 0.15) is 40.0 Å². The van der Waals surface area contributed by atoms with Crippen molar-refractivity contribution in [1.29, 1.82) is 0 Å². The first kappa shape index (κ1) is 15.3. The summed E-state index contributed by atoms with van der Waals surface area (Å²) in [7, 11) is 2.24. The molecular formula is C16H33N3. The summed E-state index contributed by atoms with van der Waals surface area (Å²) in [5.41, 5.74) is 0. The highest BCUT2D eigenvalue weighted by Crippen LogP contribution is 2.23. The van der Waals surface area contributed by atoms with Crippen molar-refractivity contribution in [3.8, 4) is 0 Å². The van der Waals surface area contributed by atoms with E-state index < -0.39 is 0 Å². The molecule has 2 saturated heterocycles. The van der Waals surface area contributed by atoms with Crippen molar-refractivity contribution in [2.75, 3.05) is 46.3 Å². The lowest BCUT2D eigenvalue weighted by molar-refractivity contribution is 0.0376. The van der Waals surface area contributed by atoms with Crippen molar-refractivity contribution in [2.24, 2.45) is 5.92 Å². The van der Waals surface area contributed by atoms with Gasteiger partial charge >= 0.3 is 0 Å². The predicted molar refractivity (Wildman–Crippen MR) is 82.6 cm³/mol. The SMILES string of the molecule is CCC(C(C)N1CCN(C)CC1)N1CCC(C)CC1. The van der Waals surface area contributed by atoms with Crippen LogP contribution in [0.2, 0.25) is 0 Å². The quantitative estimate of drug-likeness (QED) is 0.772. The van der Waals surface area contributed by atoms with E-state index in [4.69, 9.17) is 0 Å². The van der Waals surface area contributed by atoms with E-state index in [1.165, 1.54) is 58.5 Å². The van der Waals surface area contributed by atoms with Gasteiger partial charge < -0.3 is 4.90 Å². The van der Waals surface area contributed by atoms with Gasteiger partial charge in [0.1, 0.15) is 0 Å². The molecule has 2 rings (SSSR count). The standard InChI is InChI=1S/C16H33N3/c1-5-16(19-8-6-14(2)7-9-19)15(3)18-12-10-17(4)11-13-18/h14-16H,5-13H2,1-4H3. The van der Waals surface area contributed by atoms with Crippen molar-refractivity contribution in [3.63, 3.8) is 0 Å². The molecule has 0 amide bonds. The van der Waals surface area contributed by atoms with E-state index in [1.807, 2.05) is 0 Å². The van der Waals surface area contributed by atoms with Crippen molar-refractivity contribution < 1.29 is 0 Å². The Bertz CT molecular complexity index is 253. The molecule has 0 aromatic rings. The van der Waals surface area contributed by atoms with Gasteiger partial charge in [0.05, 0.1) is 0 Å². The summed E-state index contributed by atoms with van der Waals surface area (Å²) >= 11 is 0. The van der Waals surface area contributed by atoms with Gasteiger partial charge in [-0.3, -0.25) is 9.80 Å². The minimum absolute atomic E-state index is 0.715. The highest BCUT2D eigenvalue weighted by atomic mass is 15.3. The normalized spacial score (nSPS) is 28.4. The second kappa shape index (κ2) is 7.05. The number of piperazine rings is 1. The summed E-state index contributed by atoms with van der Waals surface area (Å²) in [4.78, 5) is 7.93. The van der Waals surface area contributed by atoms with Gasteiger partial charge in [0.2, 0.25) is 0 Å². The molecule has 0 N–H and O–H groups in total. The van der Waals surface area contributed by atoms with Crippen LogP contribution in [0, 0.1) is 5.92 Å². The molecule has 2 atom stereocenters. The Balaban J connectivity index is 1.89. The smallest absolute Gasteiger partial charge is 0.0246 e. The van der Waals surface area contributed by atoms with E-state index in [2.05, 4.69) is 42.5 Å². The molecule has 3 nitrogen and oxygen atoms in total. The van der Waals surface area contributed by atoms with Crippen molar-refractivity contribution in [1.82, 2.24) is 14.7 Å². The zero-order valence-electron chi connectivity index (χ0n) is 13.4. The van der Waals surface area contributed by atoms with E-state index >= 15 is 0 Å².